The molecule has 2 rings (SSSR count). The van der Waals surface area contributed by atoms with Crippen molar-refractivity contribution in [1.82, 2.24) is 10.2 Å². The third-order valence-corrected chi connectivity index (χ3v) is 3.91. The van der Waals surface area contributed by atoms with Crippen LogP contribution in [0.2, 0.25) is 0 Å². The van der Waals surface area contributed by atoms with Crippen molar-refractivity contribution < 1.29 is 5.11 Å². The van der Waals surface area contributed by atoms with Gasteiger partial charge in [0.1, 0.15) is 0 Å². The molecule has 1 aliphatic carbocycles. The second-order valence-corrected chi connectivity index (χ2v) is 5.68. The van der Waals surface area contributed by atoms with E-state index in [4.69, 9.17) is 0 Å². The molecule has 1 atom stereocenters. The summed E-state index contributed by atoms with van der Waals surface area (Å²) in [7, 11) is 0. The lowest BCUT2D eigenvalue weighted by Gasteiger charge is -2.26. The number of rotatable bonds is 8. The Labute approximate surface area is 116 Å². The van der Waals surface area contributed by atoms with Gasteiger partial charge in [0.05, 0.1) is 5.60 Å². The maximum atomic E-state index is 10.5. The van der Waals surface area contributed by atoms with Crippen molar-refractivity contribution in [1.29, 1.82) is 0 Å². The van der Waals surface area contributed by atoms with Crippen LogP contribution in [-0.2, 0) is 5.60 Å². The van der Waals surface area contributed by atoms with E-state index in [0.29, 0.717) is 6.54 Å². The number of hydrogen-bond acceptors (Lipinski definition) is 3. The standard InChI is InChI=1S/C16H26N2O/c1-3-18(15-9-10-15)12-11-17-13-16(2,19)14-7-5-4-6-8-14/h4-8,15,17,19H,3,9-13H2,1-2H3. The fraction of sp³-hybridized carbons (Fsp3) is 0.625. The lowest BCUT2D eigenvalue weighted by molar-refractivity contribution is 0.0564. The summed E-state index contributed by atoms with van der Waals surface area (Å²) < 4.78 is 0. The third kappa shape index (κ3) is 4.30. The minimum Gasteiger partial charge on any atom is -0.384 e. The van der Waals surface area contributed by atoms with Crippen molar-refractivity contribution in [2.24, 2.45) is 0 Å². The molecule has 0 saturated heterocycles. The molecule has 19 heavy (non-hydrogen) atoms. The van der Waals surface area contributed by atoms with Gasteiger partial charge >= 0.3 is 0 Å². The number of nitrogens with one attached hydrogen (secondary N) is 1. The molecule has 2 N–H and O–H groups in total. The van der Waals surface area contributed by atoms with Gasteiger partial charge in [0.25, 0.3) is 0 Å². The van der Waals surface area contributed by atoms with E-state index in [1.165, 1.54) is 12.8 Å². The van der Waals surface area contributed by atoms with Crippen LogP contribution in [0.1, 0.15) is 32.3 Å². The number of nitrogens with zero attached hydrogens (tertiary/aromatic N) is 1. The minimum absolute atomic E-state index is 0.596. The molecule has 0 bridgehead atoms. The molecule has 1 aromatic carbocycles. The van der Waals surface area contributed by atoms with Crippen molar-refractivity contribution in [3.05, 3.63) is 35.9 Å². The lowest BCUT2D eigenvalue weighted by Crippen LogP contribution is -2.40. The quantitative estimate of drug-likeness (QED) is 0.703. The molecule has 0 aliphatic heterocycles. The summed E-state index contributed by atoms with van der Waals surface area (Å²) in [4.78, 5) is 2.52. The van der Waals surface area contributed by atoms with Crippen molar-refractivity contribution in [3.63, 3.8) is 0 Å². The molecule has 1 fully saturated rings. The van der Waals surface area contributed by atoms with E-state index in [9.17, 15) is 5.11 Å². The first-order chi connectivity index (χ1) is 9.13. The topological polar surface area (TPSA) is 35.5 Å². The summed E-state index contributed by atoms with van der Waals surface area (Å²) in [6.45, 7) is 7.83. The fourth-order valence-electron chi connectivity index (χ4n) is 2.49. The van der Waals surface area contributed by atoms with Gasteiger partial charge < -0.3 is 10.4 Å². The van der Waals surface area contributed by atoms with Gasteiger partial charge in [0.15, 0.2) is 0 Å². The molecule has 0 spiro atoms. The van der Waals surface area contributed by atoms with E-state index >= 15 is 0 Å². The van der Waals surface area contributed by atoms with E-state index in [1.54, 1.807) is 0 Å². The van der Waals surface area contributed by atoms with E-state index in [2.05, 4.69) is 17.1 Å². The molecule has 0 aromatic heterocycles. The molecular formula is C16H26N2O. The molecule has 1 aliphatic rings. The van der Waals surface area contributed by atoms with Gasteiger partial charge in [-0.05, 0) is 31.9 Å². The molecule has 1 saturated carbocycles. The molecular weight excluding hydrogens is 236 g/mol. The van der Waals surface area contributed by atoms with Crippen molar-refractivity contribution in [2.75, 3.05) is 26.2 Å². The molecule has 3 heteroatoms. The summed E-state index contributed by atoms with van der Waals surface area (Å²) >= 11 is 0. The monoisotopic (exact) mass is 262 g/mol. The number of hydrogen-bond donors (Lipinski definition) is 2. The normalized spacial score (nSPS) is 18.5. The summed E-state index contributed by atoms with van der Waals surface area (Å²) in [6, 6.07) is 10.7. The maximum absolute atomic E-state index is 10.5. The Kier molecular flexibility index (Phi) is 4.97. The van der Waals surface area contributed by atoms with Crippen LogP contribution in [0.15, 0.2) is 30.3 Å². The zero-order valence-electron chi connectivity index (χ0n) is 12.1. The predicted octanol–water partition coefficient (Wildman–Crippen LogP) is 1.97. The Bertz CT molecular complexity index is 374. The van der Waals surface area contributed by atoms with Gasteiger partial charge in [-0.15, -0.1) is 0 Å². The highest BCUT2D eigenvalue weighted by atomic mass is 16.3. The van der Waals surface area contributed by atoms with Crippen LogP contribution in [0.25, 0.3) is 0 Å². The Morgan fingerprint density at radius 3 is 2.58 bits per heavy atom. The summed E-state index contributed by atoms with van der Waals surface area (Å²) in [6.07, 6.45) is 2.71. The number of likely N-dealkylation sites (N-methyl/N-ethyl adjacent to an activating group) is 1. The maximum Gasteiger partial charge on any atom is 0.0992 e. The first-order valence-electron chi connectivity index (χ1n) is 7.36. The van der Waals surface area contributed by atoms with Crippen LogP contribution in [0.3, 0.4) is 0 Å². The second kappa shape index (κ2) is 6.51. The van der Waals surface area contributed by atoms with E-state index in [-0.39, 0.29) is 0 Å². The molecule has 3 nitrogen and oxygen atoms in total. The first kappa shape index (κ1) is 14.5. The van der Waals surface area contributed by atoms with Crippen LogP contribution in [-0.4, -0.2) is 42.2 Å². The average Bonchev–Trinajstić information content (AvgIpc) is 3.24. The SMILES string of the molecule is CCN(CCNCC(C)(O)c1ccccc1)C1CC1. The molecule has 1 unspecified atom stereocenters. The Morgan fingerprint density at radius 2 is 2.00 bits per heavy atom. The van der Waals surface area contributed by atoms with Gasteiger partial charge in [-0.1, -0.05) is 37.3 Å². The van der Waals surface area contributed by atoms with Crippen LogP contribution in [0.4, 0.5) is 0 Å². The predicted molar refractivity (Wildman–Crippen MR) is 79.2 cm³/mol. The Balaban J connectivity index is 1.72. The van der Waals surface area contributed by atoms with Crippen LogP contribution >= 0.6 is 0 Å². The zero-order valence-corrected chi connectivity index (χ0v) is 12.1. The summed E-state index contributed by atoms with van der Waals surface area (Å²) in [5.74, 6) is 0. The third-order valence-electron chi connectivity index (χ3n) is 3.91. The summed E-state index contributed by atoms with van der Waals surface area (Å²) in [5.41, 5.74) is 0.176. The van der Waals surface area contributed by atoms with Gasteiger partial charge in [0.2, 0.25) is 0 Å². The lowest BCUT2D eigenvalue weighted by atomic mass is 9.96. The smallest absolute Gasteiger partial charge is 0.0992 e. The van der Waals surface area contributed by atoms with E-state index < -0.39 is 5.60 Å². The first-order valence-corrected chi connectivity index (χ1v) is 7.36. The summed E-state index contributed by atoms with van der Waals surface area (Å²) in [5, 5.41) is 13.8. The minimum atomic E-state index is -0.794. The van der Waals surface area contributed by atoms with Gasteiger partial charge in [-0.25, -0.2) is 0 Å². The largest absolute Gasteiger partial charge is 0.384 e. The second-order valence-electron chi connectivity index (χ2n) is 5.68. The number of benzene rings is 1. The van der Waals surface area contributed by atoms with Gasteiger partial charge in [-0.3, -0.25) is 4.90 Å². The fourth-order valence-corrected chi connectivity index (χ4v) is 2.49. The van der Waals surface area contributed by atoms with E-state index in [1.807, 2.05) is 37.3 Å². The molecule has 106 valence electrons. The molecule has 0 amide bonds. The van der Waals surface area contributed by atoms with Gasteiger partial charge in [-0.2, -0.15) is 0 Å². The van der Waals surface area contributed by atoms with E-state index in [0.717, 1.165) is 31.2 Å². The van der Waals surface area contributed by atoms with Crippen molar-refractivity contribution >= 4 is 0 Å². The van der Waals surface area contributed by atoms with Crippen molar-refractivity contribution in [3.8, 4) is 0 Å². The zero-order chi connectivity index (χ0) is 13.7. The Morgan fingerprint density at radius 1 is 1.32 bits per heavy atom. The highest BCUT2D eigenvalue weighted by molar-refractivity contribution is 5.21. The van der Waals surface area contributed by atoms with Crippen LogP contribution in [0.5, 0.6) is 0 Å². The molecule has 0 heterocycles. The highest BCUT2D eigenvalue weighted by Crippen LogP contribution is 2.25. The number of aliphatic hydroxyl groups is 1. The molecule has 0 radical (unpaired) electrons. The Hall–Kier alpha value is -0.900. The van der Waals surface area contributed by atoms with Crippen LogP contribution < -0.4 is 5.32 Å². The molecule has 1 aromatic rings. The highest BCUT2D eigenvalue weighted by Gasteiger charge is 2.27. The van der Waals surface area contributed by atoms with Crippen LogP contribution in [0, 0.1) is 0 Å². The van der Waals surface area contributed by atoms with Crippen molar-refractivity contribution in [2.45, 2.75) is 38.3 Å². The average molecular weight is 262 g/mol. The van der Waals surface area contributed by atoms with Gasteiger partial charge in [0, 0.05) is 25.7 Å².